The van der Waals surface area contributed by atoms with Crippen molar-refractivity contribution in [1.29, 1.82) is 0 Å². The van der Waals surface area contributed by atoms with E-state index in [9.17, 15) is 4.79 Å². The number of rotatable bonds is 9. The maximum Gasteiger partial charge on any atom is 0.271 e. The van der Waals surface area contributed by atoms with Gasteiger partial charge in [0.05, 0.1) is 13.2 Å². The molecular formula is C20H28ClN5O3. The van der Waals surface area contributed by atoms with Gasteiger partial charge >= 0.3 is 0 Å². The molecule has 4 N–H and O–H groups in total. The second-order valence-corrected chi connectivity index (χ2v) is 7.34. The summed E-state index contributed by atoms with van der Waals surface area (Å²) in [6.45, 7) is 2.20. The number of carbonyl (C=O) groups is 1. The predicted octanol–water partition coefficient (Wildman–Crippen LogP) is 2.87. The third-order valence-corrected chi connectivity index (χ3v) is 5.00. The van der Waals surface area contributed by atoms with Gasteiger partial charge in [-0.3, -0.25) is 4.79 Å². The van der Waals surface area contributed by atoms with Gasteiger partial charge < -0.3 is 30.4 Å². The zero-order valence-corrected chi connectivity index (χ0v) is 17.4. The van der Waals surface area contributed by atoms with Crippen LogP contribution in [0, 0.1) is 0 Å². The van der Waals surface area contributed by atoms with E-state index in [1.54, 1.807) is 23.7 Å². The molecule has 2 heterocycles. The van der Waals surface area contributed by atoms with Crippen LogP contribution in [0.5, 0.6) is 0 Å². The number of ether oxygens (including phenoxy) is 2. The van der Waals surface area contributed by atoms with Crippen LogP contribution in [-0.2, 0) is 16.0 Å². The zero-order chi connectivity index (χ0) is 20.6. The molecule has 9 heteroatoms. The van der Waals surface area contributed by atoms with Crippen molar-refractivity contribution in [3.63, 3.8) is 0 Å². The van der Waals surface area contributed by atoms with E-state index in [1.807, 2.05) is 12.1 Å². The zero-order valence-electron chi connectivity index (χ0n) is 16.6. The van der Waals surface area contributed by atoms with Crippen LogP contribution in [-0.4, -0.2) is 48.6 Å². The number of nitrogens with zero attached hydrogens (tertiary/aromatic N) is 2. The Morgan fingerprint density at radius 1 is 1.38 bits per heavy atom. The van der Waals surface area contributed by atoms with E-state index in [0.717, 1.165) is 31.4 Å². The van der Waals surface area contributed by atoms with Crippen molar-refractivity contribution in [1.82, 2.24) is 14.9 Å². The number of nitrogens with two attached hydrogens (primary N) is 1. The Bertz CT molecular complexity index is 803. The highest BCUT2D eigenvalue weighted by Crippen LogP contribution is 2.21. The van der Waals surface area contributed by atoms with E-state index >= 15 is 0 Å². The third kappa shape index (κ3) is 5.85. The van der Waals surface area contributed by atoms with Crippen molar-refractivity contribution in [2.75, 3.05) is 37.9 Å². The van der Waals surface area contributed by atoms with Gasteiger partial charge in [-0.25, -0.2) is 0 Å². The molecule has 1 fully saturated rings. The molecule has 0 aliphatic carbocycles. The summed E-state index contributed by atoms with van der Waals surface area (Å²) in [7, 11) is 1.71. The van der Waals surface area contributed by atoms with Crippen molar-refractivity contribution in [2.24, 2.45) is 0 Å². The van der Waals surface area contributed by atoms with Crippen molar-refractivity contribution in [3.05, 3.63) is 40.5 Å². The smallest absolute Gasteiger partial charge is 0.271 e. The minimum atomic E-state index is -0.235. The Morgan fingerprint density at radius 2 is 2.17 bits per heavy atom. The van der Waals surface area contributed by atoms with Crippen molar-refractivity contribution < 1.29 is 14.3 Å². The lowest BCUT2D eigenvalue weighted by Gasteiger charge is -2.22. The summed E-state index contributed by atoms with van der Waals surface area (Å²) in [5, 5.41) is 6.52. The number of aromatic nitrogens is 2. The fourth-order valence-corrected chi connectivity index (χ4v) is 3.35. The van der Waals surface area contributed by atoms with Gasteiger partial charge in [-0.05, 0) is 43.4 Å². The number of anilines is 2. The number of hydrogen-bond acceptors (Lipinski definition) is 6. The van der Waals surface area contributed by atoms with Gasteiger partial charge in [-0.1, -0.05) is 23.7 Å². The minimum absolute atomic E-state index is 0.115. The molecule has 0 saturated carbocycles. The topological polar surface area (TPSA) is 103 Å². The molecule has 1 aliphatic heterocycles. The molecule has 2 aromatic rings. The van der Waals surface area contributed by atoms with Gasteiger partial charge in [-0.15, -0.1) is 0 Å². The van der Waals surface area contributed by atoms with E-state index in [4.69, 9.17) is 26.8 Å². The molecule has 1 saturated heterocycles. The van der Waals surface area contributed by atoms with Crippen molar-refractivity contribution in [3.8, 4) is 0 Å². The molecule has 1 aromatic heterocycles. The van der Waals surface area contributed by atoms with Gasteiger partial charge in [0.2, 0.25) is 5.95 Å². The number of imidazole rings is 1. The van der Waals surface area contributed by atoms with Gasteiger partial charge in [0.25, 0.3) is 5.91 Å². The van der Waals surface area contributed by atoms with E-state index in [-0.39, 0.29) is 18.1 Å². The molecule has 158 valence electrons. The lowest BCUT2D eigenvalue weighted by molar-refractivity contribution is -0.162. The highest BCUT2D eigenvalue weighted by Gasteiger charge is 2.21. The molecule has 3 rings (SSSR count). The maximum absolute atomic E-state index is 12.8. The van der Waals surface area contributed by atoms with E-state index in [2.05, 4.69) is 15.6 Å². The summed E-state index contributed by atoms with van der Waals surface area (Å²) in [6.07, 6.45) is 3.74. The normalized spacial score (nSPS) is 16.6. The number of nitrogens with one attached hydrogen (secondary N) is 2. The van der Waals surface area contributed by atoms with E-state index in [0.29, 0.717) is 42.7 Å². The molecular weight excluding hydrogens is 394 g/mol. The first kappa shape index (κ1) is 21.4. The second kappa shape index (κ2) is 10.5. The largest absolute Gasteiger partial charge is 0.371 e. The van der Waals surface area contributed by atoms with Gasteiger partial charge in [0, 0.05) is 25.2 Å². The third-order valence-electron chi connectivity index (χ3n) is 4.75. The molecule has 0 bridgehead atoms. The second-order valence-electron chi connectivity index (χ2n) is 6.91. The summed E-state index contributed by atoms with van der Waals surface area (Å²) in [4.78, 5) is 17.1. The van der Waals surface area contributed by atoms with Crippen LogP contribution in [0.25, 0.3) is 0 Å². The Hall–Kier alpha value is -2.29. The van der Waals surface area contributed by atoms with E-state index < -0.39 is 0 Å². The van der Waals surface area contributed by atoms with Crippen LogP contribution in [0.15, 0.2) is 24.3 Å². The van der Waals surface area contributed by atoms with Crippen LogP contribution < -0.4 is 16.4 Å². The Morgan fingerprint density at radius 3 is 2.86 bits per heavy atom. The molecule has 29 heavy (non-hydrogen) atoms. The summed E-state index contributed by atoms with van der Waals surface area (Å²) in [6, 6.07) is 7.40. The molecule has 0 radical (unpaired) electrons. The van der Waals surface area contributed by atoms with Crippen LogP contribution in [0.3, 0.4) is 0 Å². The lowest BCUT2D eigenvalue weighted by atomic mass is 10.2. The van der Waals surface area contributed by atoms with Gasteiger partial charge in [-0.2, -0.15) is 4.98 Å². The minimum Gasteiger partial charge on any atom is -0.371 e. The fourth-order valence-electron chi connectivity index (χ4n) is 3.22. The Balaban J connectivity index is 1.57. The highest BCUT2D eigenvalue weighted by molar-refractivity contribution is 6.30. The average molecular weight is 422 g/mol. The van der Waals surface area contributed by atoms with Crippen LogP contribution in [0.1, 0.15) is 41.7 Å². The number of amides is 1. The lowest BCUT2D eigenvalue weighted by Crippen LogP contribution is -2.29. The SMILES string of the molecule is CNc1nc(N)n(Cc2ccc(Cl)cc2)c1C(=O)NCCCOC1CCCCO1. The quantitative estimate of drug-likeness (QED) is 0.538. The first-order valence-electron chi connectivity index (χ1n) is 9.88. The van der Waals surface area contributed by atoms with Crippen LogP contribution in [0.2, 0.25) is 5.02 Å². The predicted molar refractivity (Wildman–Crippen MR) is 113 cm³/mol. The Kier molecular flexibility index (Phi) is 7.74. The van der Waals surface area contributed by atoms with E-state index in [1.165, 1.54) is 0 Å². The first-order valence-corrected chi connectivity index (χ1v) is 10.3. The molecule has 1 aliphatic rings. The average Bonchev–Trinajstić information content (AvgIpc) is 3.05. The molecule has 8 nitrogen and oxygen atoms in total. The fraction of sp³-hybridized carbons (Fsp3) is 0.500. The van der Waals surface area contributed by atoms with Crippen molar-refractivity contribution in [2.45, 2.75) is 38.5 Å². The maximum atomic E-state index is 12.8. The van der Waals surface area contributed by atoms with Gasteiger partial charge in [0.1, 0.15) is 0 Å². The number of nitrogen functional groups attached to an aromatic ring is 1. The van der Waals surface area contributed by atoms with Crippen LogP contribution >= 0.6 is 11.6 Å². The van der Waals surface area contributed by atoms with Gasteiger partial charge in [0.15, 0.2) is 17.8 Å². The number of hydrogen-bond donors (Lipinski definition) is 3. The molecule has 1 unspecified atom stereocenters. The summed E-state index contributed by atoms with van der Waals surface area (Å²) in [5.74, 6) is 0.481. The first-order chi connectivity index (χ1) is 14.1. The number of carbonyl (C=O) groups excluding carboxylic acids is 1. The summed E-state index contributed by atoms with van der Waals surface area (Å²) < 4.78 is 12.9. The Labute approximate surface area is 175 Å². The van der Waals surface area contributed by atoms with Crippen molar-refractivity contribution >= 4 is 29.3 Å². The standard InChI is InChI=1S/C20H28ClN5O3/c1-23-18-17(19(27)24-10-4-12-29-16-5-2-3-11-28-16)26(20(22)25-18)13-14-6-8-15(21)9-7-14/h6-9,16,23H,2-5,10-13H2,1H3,(H2,22,25)(H,24,27). The highest BCUT2D eigenvalue weighted by atomic mass is 35.5. The summed E-state index contributed by atoms with van der Waals surface area (Å²) >= 11 is 5.95. The number of halogens is 1. The molecule has 0 spiro atoms. The van der Waals surface area contributed by atoms with Crippen LogP contribution in [0.4, 0.5) is 11.8 Å². The summed E-state index contributed by atoms with van der Waals surface area (Å²) in [5.41, 5.74) is 7.43. The molecule has 1 atom stereocenters. The molecule has 1 aromatic carbocycles. The number of benzene rings is 1. The molecule has 1 amide bonds. The monoisotopic (exact) mass is 421 g/mol.